The average molecular weight is 220 g/mol. The van der Waals surface area contributed by atoms with Crippen LogP contribution in [-0.4, -0.2) is 6.18 Å². The van der Waals surface area contributed by atoms with Crippen LogP contribution in [0, 0.1) is 13.8 Å². The first-order chi connectivity index (χ1) is 6.29. The van der Waals surface area contributed by atoms with E-state index in [2.05, 4.69) is 12.6 Å². The Labute approximate surface area is 86.5 Å². The summed E-state index contributed by atoms with van der Waals surface area (Å²) in [5.74, 6) is 0. The molecule has 0 aliphatic heterocycles. The van der Waals surface area contributed by atoms with Gasteiger partial charge in [0.15, 0.2) is 0 Å². The second-order valence-corrected chi connectivity index (χ2v) is 3.84. The molecule has 0 spiro atoms. The van der Waals surface area contributed by atoms with Crippen molar-refractivity contribution < 1.29 is 13.2 Å². The molecule has 0 saturated heterocycles. The standard InChI is InChI=1S/C10H11F3S/c1-6-3-8(5-10(11,12)13)9(14)4-7(6)2/h3-4,14H,5H2,1-2H3. The second kappa shape index (κ2) is 3.85. The first-order valence-electron chi connectivity index (χ1n) is 4.15. The Morgan fingerprint density at radius 1 is 1.14 bits per heavy atom. The quantitative estimate of drug-likeness (QED) is 0.685. The number of benzene rings is 1. The fraction of sp³-hybridized carbons (Fsp3) is 0.400. The van der Waals surface area contributed by atoms with Crippen molar-refractivity contribution in [3.63, 3.8) is 0 Å². The topological polar surface area (TPSA) is 0 Å². The van der Waals surface area contributed by atoms with Crippen molar-refractivity contribution in [2.24, 2.45) is 0 Å². The molecule has 0 nitrogen and oxygen atoms in total. The van der Waals surface area contributed by atoms with Gasteiger partial charge in [0.05, 0.1) is 6.42 Å². The Hall–Kier alpha value is -0.640. The zero-order chi connectivity index (χ0) is 10.9. The van der Waals surface area contributed by atoms with Gasteiger partial charge in [-0.1, -0.05) is 6.07 Å². The average Bonchev–Trinajstić information content (AvgIpc) is 1.97. The zero-order valence-electron chi connectivity index (χ0n) is 7.94. The lowest BCUT2D eigenvalue weighted by Gasteiger charge is -2.11. The Morgan fingerprint density at radius 3 is 2.14 bits per heavy atom. The number of thiol groups is 1. The minimum absolute atomic E-state index is 0.240. The van der Waals surface area contributed by atoms with Gasteiger partial charge in [-0.25, -0.2) is 0 Å². The van der Waals surface area contributed by atoms with E-state index >= 15 is 0 Å². The maximum absolute atomic E-state index is 12.1. The number of hydrogen-bond acceptors (Lipinski definition) is 1. The Morgan fingerprint density at radius 2 is 1.64 bits per heavy atom. The lowest BCUT2D eigenvalue weighted by atomic mass is 10.0. The number of hydrogen-bond donors (Lipinski definition) is 1. The van der Waals surface area contributed by atoms with E-state index in [1.54, 1.807) is 19.1 Å². The summed E-state index contributed by atoms with van der Waals surface area (Å²) in [6.45, 7) is 3.65. The summed E-state index contributed by atoms with van der Waals surface area (Å²) in [7, 11) is 0. The van der Waals surface area contributed by atoms with Gasteiger partial charge in [-0.05, 0) is 36.6 Å². The summed E-state index contributed by atoms with van der Waals surface area (Å²) in [6, 6.07) is 3.21. The Bertz CT molecular complexity index is 342. The molecule has 4 heteroatoms. The van der Waals surface area contributed by atoms with Crippen LogP contribution in [0.2, 0.25) is 0 Å². The molecule has 0 amide bonds. The first kappa shape index (κ1) is 11.4. The second-order valence-electron chi connectivity index (χ2n) is 3.36. The van der Waals surface area contributed by atoms with Crippen LogP contribution < -0.4 is 0 Å². The molecule has 0 saturated carbocycles. The Kier molecular flexibility index (Phi) is 3.14. The molecular weight excluding hydrogens is 209 g/mol. The molecule has 14 heavy (non-hydrogen) atoms. The van der Waals surface area contributed by atoms with Crippen molar-refractivity contribution in [3.05, 3.63) is 28.8 Å². The van der Waals surface area contributed by atoms with Crippen LogP contribution in [0.15, 0.2) is 17.0 Å². The molecule has 0 radical (unpaired) electrons. The van der Waals surface area contributed by atoms with E-state index in [1.165, 1.54) is 0 Å². The summed E-state index contributed by atoms with van der Waals surface area (Å²) in [4.78, 5) is 0.408. The highest BCUT2D eigenvalue weighted by atomic mass is 32.1. The fourth-order valence-corrected chi connectivity index (χ4v) is 1.56. The van der Waals surface area contributed by atoms with E-state index in [4.69, 9.17) is 0 Å². The molecule has 1 aromatic rings. The summed E-state index contributed by atoms with van der Waals surface area (Å²) < 4.78 is 36.4. The van der Waals surface area contributed by atoms with Crippen molar-refractivity contribution in [1.29, 1.82) is 0 Å². The largest absolute Gasteiger partial charge is 0.393 e. The molecule has 0 fully saturated rings. The molecule has 0 heterocycles. The van der Waals surface area contributed by atoms with E-state index < -0.39 is 12.6 Å². The highest BCUT2D eigenvalue weighted by Crippen LogP contribution is 2.27. The molecule has 0 unspecified atom stereocenters. The van der Waals surface area contributed by atoms with Crippen LogP contribution in [0.3, 0.4) is 0 Å². The molecule has 78 valence electrons. The number of alkyl halides is 3. The number of aryl methyl sites for hydroxylation is 2. The number of halogens is 3. The molecule has 0 aliphatic rings. The maximum atomic E-state index is 12.1. The van der Waals surface area contributed by atoms with Gasteiger partial charge in [-0.3, -0.25) is 0 Å². The van der Waals surface area contributed by atoms with E-state index in [0.717, 1.165) is 11.1 Å². The van der Waals surface area contributed by atoms with Crippen LogP contribution in [0.4, 0.5) is 13.2 Å². The van der Waals surface area contributed by atoms with E-state index in [0.29, 0.717) is 4.90 Å². The molecule has 0 aromatic heterocycles. The predicted octanol–water partition coefficient (Wildman–Crippen LogP) is 3.70. The van der Waals surface area contributed by atoms with E-state index in [1.807, 2.05) is 6.92 Å². The smallest absolute Gasteiger partial charge is 0.171 e. The summed E-state index contributed by atoms with van der Waals surface area (Å²) in [5.41, 5.74) is 2.06. The van der Waals surface area contributed by atoms with Crippen LogP contribution >= 0.6 is 12.6 Å². The van der Waals surface area contributed by atoms with Crippen molar-refractivity contribution >= 4 is 12.6 Å². The van der Waals surface area contributed by atoms with Gasteiger partial charge in [-0.2, -0.15) is 13.2 Å². The van der Waals surface area contributed by atoms with Gasteiger partial charge < -0.3 is 0 Å². The molecule has 1 rings (SSSR count). The number of rotatable bonds is 1. The minimum Gasteiger partial charge on any atom is -0.171 e. The summed E-state index contributed by atoms with van der Waals surface area (Å²) in [6.07, 6.45) is -5.08. The lowest BCUT2D eigenvalue weighted by molar-refractivity contribution is -0.127. The van der Waals surface area contributed by atoms with Crippen LogP contribution in [0.25, 0.3) is 0 Å². The van der Waals surface area contributed by atoms with Crippen molar-refractivity contribution in [2.75, 3.05) is 0 Å². The SMILES string of the molecule is Cc1cc(S)c(CC(F)(F)F)cc1C. The van der Waals surface area contributed by atoms with Gasteiger partial charge in [0, 0.05) is 4.90 Å². The van der Waals surface area contributed by atoms with Crippen molar-refractivity contribution in [3.8, 4) is 0 Å². The first-order valence-corrected chi connectivity index (χ1v) is 4.60. The van der Waals surface area contributed by atoms with E-state index in [-0.39, 0.29) is 5.56 Å². The monoisotopic (exact) mass is 220 g/mol. The molecule has 0 aliphatic carbocycles. The van der Waals surface area contributed by atoms with E-state index in [9.17, 15) is 13.2 Å². The highest BCUT2D eigenvalue weighted by Gasteiger charge is 2.28. The van der Waals surface area contributed by atoms with Crippen LogP contribution in [0.5, 0.6) is 0 Å². The fourth-order valence-electron chi connectivity index (χ4n) is 1.22. The molecule has 1 aromatic carbocycles. The maximum Gasteiger partial charge on any atom is 0.393 e. The normalized spacial score (nSPS) is 11.9. The molecule has 0 atom stereocenters. The highest BCUT2D eigenvalue weighted by molar-refractivity contribution is 7.80. The van der Waals surface area contributed by atoms with Crippen molar-refractivity contribution in [2.45, 2.75) is 31.3 Å². The van der Waals surface area contributed by atoms with Crippen molar-refractivity contribution in [1.82, 2.24) is 0 Å². The third-order valence-electron chi connectivity index (χ3n) is 2.09. The molecule has 0 bridgehead atoms. The van der Waals surface area contributed by atoms with Crippen LogP contribution in [-0.2, 0) is 6.42 Å². The van der Waals surface area contributed by atoms with Crippen LogP contribution in [0.1, 0.15) is 16.7 Å². The predicted molar refractivity (Wildman–Crippen MR) is 52.9 cm³/mol. The molecule has 0 N–H and O–H groups in total. The summed E-state index contributed by atoms with van der Waals surface area (Å²) in [5, 5.41) is 0. The van der Waals surface area contributed by atoms with Gasteiger partial charge in [0.25, 0.3) is 0 Å². The third-order valence-corrected chi connectivity index (χ3v) is 2.50. The van der Waals surface area contributed by atoms with Gasteiger partial charge in [0.1, 0.15) is 0 Å². The zero-order valence-corrected chi connectivity index (χ0v) is 8.84. The van der Waals surface area contributed by atoms with Gasteiger partial charge in [-0.15, -0.1) is 12.6 Å². The Balaban J connectivity index is 3.04. The minimum atomic E-state index is -4.17. The van der Waals surface area contributed by atoms with Gasteiger partial charge >= 0.3 is 6.18 Å². The lowest BCUT2D eigenvalue weighted by Crippen LogP contribution is -2.12. The summed E-state index contributed by atoms with van der Waals surface area (Å²) >= 11 is 4.03. The third kappa shape index (κ3) is 2.94. The molecular formula is C10H11F3S. The van der Waals surface area contributed by atoms with Gasteiger partial charge in [0.2, 0.25) is 0 Å².